The molecule has 7 heteroatoms. The van der Waals surface area contributed by atoms with E-state index < -0.39 is 12.1 Å². The third kappa shape index (κ3) is 6.68. The third-order valence-corrected chi connectivity index (χ3v) is 8.25. The van der Waals surface area contributed by atoms with Crippen LogP contribution in [-0.2, 0) is 16.0 Å². The number of hydrogen-bond acceptors (Lipinski definition) is 4. The van der Waals surface area contributed by atoms with Gasteiger partial charge < -0.3 is 25.7 Å². The highest BCUT2D eigenvalue weighted by Crippen LogP contribution is 2.44. The summed E-state index contributed by atoms with van der Waals surface area (Å²) >= 11 is 0. The highest BCUT2D eigenvalue weighted by molar-refractivity contribution is 5.88. The number of allylic oxidation sites excluding steroid dienone is 1. The second kappa shape index (κ2) is 13.4. The summed E-state index contributed by atoms with van der Waals surface area (Å²) in [7, 11) is 0. The number of rotatable bonds is 11. The molecule has 2 amide bonds. The molecule has 1 aliphatic carbocycles. The minimum Gasteiger partial charge on any atom is -0.449 e. The number of carbonyl (C=O) groups excluding carboxylic acids is 2. The molecule has 0 aliphatic heterocycles. The Kier molecular flexibility index (Phi) is 8.78. The molecular formula is C38H36N4O3. The molecule has 4 aromatic carbocycles. The number of alkyl carbamates (subject to hydrolysis) is 1. The van der Waals surface area contributed by atoms with Crippen molar-refractivity contribution in [3.63, 3.8) is 0 Å². The molecule has 0 saturated carbocycles. The van der Waals surface area contributed by atoms with Crippen molar-refractivity contribution in [2.45, 2.75) is 25.3 Å². The van der Waals surface area contributed by atoms with Crippen LogP contribution >= 0.6 is 0 Å². The summed E-state index contributed by atoms with van der Waals surface area (Å²) in [6.07, 6.45) is 3.38. The zero-order valence-corrected chi connectivity index (χ0v) is 25.2. The molecule has 5 aromatic rings. The summed E-state index contributed by atoms with van der Waals surface area (Å²) in [4.78, 5) is 30.0. The van der Waals surface area contributed by atoms with Crippen LogP contribution in [0, 0.1) is 0 Å². The van der Waals surface area contributed by atoms with Crippen molar-refractivity contribution in [1.82, 2.24) is 20.9 Å². The van der Waals surface area contributed by atoms with Gasteiger partial charge in [0.05, 0.1) is 6.54 Å². The number of hydrogen-bond donors (Lipinski definition) is 4. The number of benzene rings is 4. The molecule has 1 heterocycles. The van der Waals surface area contributed by atoms with Gasteiger partial charge in [-0.05, 0) is 51.9 Å². The van der Waals surface area contributed by atoms with Crippen molar-refractivity contribution in [1.29, 1.82) is 0 Å². The Morgan fingerprint density at radius 1 is 0.889 bits per heavy atom. The van der Waals surface area contributed by atoms with Gasteiger partial charge in [-0.1, -0.05) is 104 Å². The number of nitrogens with one attached hydrogen (secondary N) is 4. The van der Waals surface area contributed by atoms with Gasteiger partial charge in [0, 0.05) is 41.3 Å². The molecule has 226 valence electrons. The lowest BCUT2D eigenvalue weighted by molar-refractivity contribution is -0.122. The quantitative estimate of drug-likeness (QED) is 0.133. The Labute approximate surface area is 263 Å². The molecule has 1 atom stereocenters. The van der Waals surface area contributed by atoms with Crippen LogP contribution in [0.4, 0.5) is 4.79 Å². The van der Waals surface area contributed by atoms with E-state index in [0.29, 0.717) is 5.70 Å². The van der Waals surface area contributed by atoms with E-state index in [0.717, 1.165) is 49.9 Å². The van der Waals surface area contributed by atoms with E-state index >= 15 is 0 Å². The van der Waals surface area contributed by atoms with E-state index in [4.69, 9.17) is 4.74 Å². The van der Waals surface area contributed by atoms with Gasteiger partial charge >= 0.3 is 6.09 Å². The lowest BCUT2D eigenvalue weighted by Crippen LogP contribution is -2.49. The number of carbonyl (C=O) groups is 2. The number of aromatic amines is 1. The predicted molar refractivity (Wildman–Crippen MR) is 179 cm³/mol. The fraction of sp³-hybridized carbons (Fsp3) is 0.158. The average Bonchev–Trinajstić information content (AvgIpc) is 3.64. The van der Waals surface area contributed by atoms with Crippen molar-refractivity contribution in [3.8, 4) is 11.1 Å². The monoisotopic (exact) mass is 596 g/mol. The van der Waals surface area contributed by atoms with E-state index in [9.17, 15) is 9.59 Å². The normalized spacial score (nSPS) is 13.0. The Morgan fingerprint density at radius 2 is 1.53 bits per heavy atom. The molecule has 0 saturated heterocycles. The molecule has 0 fully saturated rings. The van der Waals surface area contributed by atoms with E-state index in [1.54, 1.807) is 0 Å². The zero-order chi connectivity index (χ0) is 31.2. The van der Waals surface area contributed by atoms with Crippen molar-refractivity contribution in [2.24, 2.45) is 0 Å². The second-order valence-electron chi connectivity index (χ2n) is 11.2. The maximum absolute atomic E-state index is 13.5. The molecule has 45 heavy (non-hydrogen) atoms. The zero-order valence-electron chi connectivity index (χ0n) is 25.2. The van der Waals surface area contributed by atoms with Gasteiger partial charge in [-0.2, -0.15) is 0 Å². The molecule has 0 spiro atoms. The first-order valence-corrected chi connectivity index (χ1v) is 15.1. The minimum atomic E-state index is -0.866. The van der Waals surface area contributed by atoms with Crippen LogP contribution in [0.3, 0.4) is 0 Å². The van der Waals surface area contributed by atoms with Crippen molar-refractivity contribution >= 4 is 28.5 Å². The van der Waals surface area contributed by atoms with Gasteiger partial charge in [0.15, 0.2) is 0 Å². The minimum absolute atomic E-state index is 0.0779. The molecule has 6 rings (SSSR count). The average molecular weight is 597 g/mol. The van der Waals surface area contributed by atoms with Gasteiger partial charge in [0.25, 0.3) is 0 Å². The third-order valence-electron chi connectivity index (χ3n) is 8.25. The number of para-hydroxylation sites is 1. The highest BCUT2D eigenvalue weighted by Gasteiger charge is 2.30. The van der Waals surface area contributed by atoms with Crippen molar-refractivity contribution in [3.05, 3.63) is 150 Å². The number of aromatic nitrogens is 1. The van der Waals surface area contributed by atoms with Crippen LogP contribution in [0.1, 0.15) is 35.1 Å². The maximum atomic E-state index is 13.5. The number of fused-ring (bicyclic) bond motifs is 4. The summed E-state index contributed by atoms with van der Waals surface area (Å²) in [5.74, 6) is -0.411. The first kappa shape index (κ1) is 29.5. The molecule has 0 bridgehead atoms. The molecular weight excluding hydrogens is 560 g/mol. The van der Waals surface area contributed by atoms with Crippen molar-refractivity contribution in [2.75, 3.05) is 13.2 Å². The van der Waals surface area contributed by atoms with Gasteiger partial charge in [0.2, 0.25) is 5.91 Å². The Hall–Kier alpha value is -5.56. The first-order chi connectivity index (χ1) is 22.0. The molecule has 1 aliphatic rings. The summed E-state index contributed by atoms with van der Waals surface area (Å²) in [6, 6.07) is 33.4. The van der Waals surface area contributed by atoms with Crippen LogP contribution in [0.25, 0.3) is 27.6 Å². The van der Waals surface area contributed by atoms with Gasteiger partial charge in [-0.15, -0.1) is 0 Å². The van der Waals surface area contributed by atoms with Gasteiger partial charge in [0.1, 0.15) is 12.6 Å². The lowest BCUT2D eigenvalue weighted by Gasteiger charge is -2.20. The first-order valence-electron chi connectivity index (χ1n) is 15.1. The largest absolute Gasteiger partial charge is 0.449 e. The van der Waals surface area contributed by atoms with Crippen LogP contribution in [0.2, 0.25) is 0 Å². The standard InChI is InChI=1S/C38H36N4O3/c1-25(27-12-4-3-5-13-27)21-39-26(2)22-41-37(43)36(20-28-23-40-35-19-11-10-14-29(28)35)42-38(44)45-24-34-32-17-8-6-15-30(32)31-16-7-9-18-33(31)34/h3-19,21,23,34,36,39-40H,2,20,22,24H2,1H3,(H,41,43)(H,42,44)/b25-21+. The smallest absolute Gasteiger partial charge is 0.407 e. The summed E-state index contributed by atoms with van der Waals surface area (Å²) in [5, 5.41) is 9.93. The predicted octanol–water partition coefficient (Wildman–Crippen LogP) is 6.90. The van der Waals surface area contributed by atoms with Crippen molar-refractivity contribution < 1.29 is 14.3 Å². The molecule has 4 N–H and O–H groups in total. The second-order valence-corrected chi connectivity index (χ2v) is 11.2. The van der Waals surface area contributed by atoms with Gasteiger partial charge in [-0.3, -0.25) is 4.79 Å². The number of ether oxygens (including phenoxy) is 1. The van der Waals surface area contributed by atoms with Crippen LogP contribution in [0.5, 0.6) is 0 Å². The summed E-state index contributed by atoms with van der Waals surface area (Å²) in [5.41, 5.74) is 9.19. The number of amides is 2. The van der Waals surface area contributed by atoms with E-state index in [1.165, 1.54) is 0 Å². The Balaban J connectivity index is 1.12. The van der Waals surface area contributed by atoms with E-state index in [2.05, 4.69) is 51.8 Å². The van der Waals surface area contributed by atoms with Gasteiger partial charge in [-0.25, -0.2) is 4.79 Å². The SMILES string of the molecule is C=C(CNC(=O)C(Cc1c[nH]c2ccccc12)NC(=O)OCC1c2ccccc2-c2ccccc21)N/C=C(\C)c1ccccc1. The van der Waals surface area contributed by atoms with Crippen LogP contribution in [-0.4, -0.2) is 36.2 Å². The topological polar surface area (TPSA) is 95.3 Å². The summed E-state index contributed by atoms with van der Waals surface area (Å²) in [6.45, 7) is 6.41. The maximum Gasteiger partial charge on any atom is 0.407 e. The summed E-state index contributed by atoms with van der Waals surface area (Å²) < 4.78 is 5.78. The Bertz CT molecular complexity index is 1830. The molecule has 1 unspecified atom stereocenters. The van der Waals surface area contributed by atoms with Crippen LogP contribution < -0.4 is 16.0 Å². The molecule has 0 radical (unpaired) electrons. The fourth-order valence-electron chi connectivity index (χ4n) is 5.87. The number of H-pyrrole nitrogens is 1. The lowest BCUT2D eigenvalue weighted by atomic mass is 9.98. The highest BCUT2D eigenvalue weighted by atomic mass is 16.5. The fourth-order valence-corrected chi connectivity index (χ4v) is 5.87. The van der Waals surface area contributed by atoms with Crippen LogP contribution in [0.15, 0.2) is 128 Å². The Morgan fingerprint density at radius 3 is 2.27 bits per heavy atom. The van der Waals surface area contributed by atoms with E-state index in [-0.39, 0.29) is 31.4 Å². The molecule has 1 aromatic heterocycles. The van der Waals surface area contributed by atoms with E-state index in [1.807, 2.05) is 98.2 Å². The molecule has 7 nitrogen and oxygen atoms in total.